The van der Waals surface area contributed by atoms with Crippen molar-refractivity contribution >= 4 is 40.5 Å². The minimum absolute atomic E-state index is 0.579. The largest absolute Gasteiger partial charge is 0.382 e. The Morgan fingerprint density at radius 1 is 1.06 bits per heavy atom. The van der Waals surface area contributed by atoms with E-state index < -0.39 is 0 Å². The summed E-state index contributed by atoms with van der Waals surface area (Å²) in [6.07, 6.45) is 5.62. The summed E-state index contributed by atoms with van der Waals surface area (Å²) in [5, 5.41) is 5.21. The fourth-order valence-electron chi connectivity index (χ4n) is 3.57. The van der Waals surface area contributed by atoms with Gasteiger partial charge in [0, 0.05) is 11.6 Å². The summed E-state index contributed by atoms with van der Waals surface area (Å²) in [5.74, 6) is 2.66. The van der Waals surface area contributed by atoms with Crippen molar-refractivity contribution in [3.63, 3.8) is 0 Å². The van der Waals surface area contributed by atoms with Crippen molar-refractivity contribution in [3.05, 3.63) is 27.2 Å². The van der Waals surface area contributed by atoms with E-state index in [2.05, 4.69) is 5.32 Å². The fourth-order valence-corrected chi connectivity index (χ4v) is 4.52. The highest BCUT2D eigenvalue weighted by atomic mass is 35.5. The summed E-state index contributed by atoms with van der Waals surface area (Å²) in [6, 6.07) is 3.47. The van der Waals surface area contributed by atoms with Crippen LogP contribution in [0.15, 0.2) is 12.1 Å². The van der Waals surface area contributed by atoms with E-state index in [1.165, 1.54) is 25.7 Å². The van der Waals surface area contributed by atoms with Crippen LogP contribution < -0.4 is 5.32 Å². The molecule has 0 saturated heterocycles. The SMILES string of the molecule is Clc1cc(Cl)c(NCC2CC3CCC2C3)c(Cl)c1. The first-order valence-electron chi connectivity index (χ1n) is 6.52. The summed E-state index contributed by atoms with van der Waals surface area (Å²) in [4.78, 5) is 0. The number of hydrogen-bond acceptors (Lipinski definition) is 1. The van der Waals surface area contributed by atoms with Crippen LogP contribution in [0.5, 0.6) is 0 Å². The normalized spacial score (nSPS) is 29.8. The van der Waals surface area contributed by atoms with E-state index in [-0.39, 0.29) is 0 Å². The van der Waals surface area contributed by atoms with Crippen molar-refractivity contribution in [1.29, 1.82) is 0 Å². The first-order chi connectivity index (χ1) is 8.63. The Morgan fingerprint density at radius 2 is 1.78 bits per heavy atom. The number of benzene rings is 1. The molecule has 2 saturated carbocycles. The maximum atomic E-state index is 6.17. The second-order valence-corrected chi connectivity index (χ2v) is 6.81. The molecular formula is C14H16Cl3N. The van der Waals surface area contributed by atoms with Crippen LogP contribution in [-0.2, 0) is 0 Å². The third-order valence-corrected chi connectivity index (χ3v) is 5.25. The molecule has 1 aromatic rings. The lowest BCUT2D eigenvalue weighted by Gasteiger charge is -2.23. The smallest absolute Gasteiger partial charge is 0.0720 e. The molecule has 98 valence electrons. The summed E-state index contributed by atoms with van der Waals surface area (Å²) >= 11 is 18.2. The van der Waals surface area contributed by atoms with Gasteiger partial charge < -0.3 is 5.32 Å². The van der Waals surface area contributed by atoms with Gasteiger partial charge in [0.1, 0.15) is 0 Å². The van der Waals surface area contributed by atoms with Gasteiger partial charge in [-0.15, -0.1) is 0 Å². The summed E-state index contributed by atoms with van der Waals surface area (Å²) in [6.45, 7) is 0.974. The van der Waals surface area contributed by atoms with Crippen LogP contribution in [0.25, 0.3) is 0 Å². The van der Waals surface area contributed by atoms with Crippen LogP contribution in [0.2, 0.25) is 15.1 Å². The van der Waals surface area contributed by atoms with Gasteiger partial charge in [0.05, 0.1) is 15.7 Å². The van der Waals surface area contributed by atoms with Gasteiger partial charge in [0.2, 0.25) is 0 Å². The molecule has 0 heterocycles. The fraction of sp³-hybridized carbons (Fsp3) is 0.571. The molecule has 4 heteroatoms. The van der Waals surface area contributed by atoms with Crippen LogP contribution in [-0.4, -0.2) is 6.54 Å². The second-order valence-electron chi connectivity index (χ2n) is 5.56. The first kappa shape index (κ1) is 12.9. The molecule has 0 aliphatic heterocycles. The summed E-state index contributed by atoms with van der Waals surface area (Å²) < 4.78 is 0. The van der Waals surface area contributed by atoms with Crippen molar-refractivity contribution in [2.24, 2.45) is 17.8 Å². The van der Waals surface area contributed by atoms with Gasteiger partial charge in [0.15, 0.2) is 0 Å². The summed E-state index contributed by atoms with van der Waals surface area (Å²) in [5.41, 5.74) is 0.825. The quantitative estimate of drug-likeness (QED) is 0.778. The Morgan fingerprint density at radius 3 is 2.33 bits per heavy atom. The van der Waals surface area contributed by atoms with Crippen molar-refractivity contribution in [2.45, 2.75) is 25.7 Å². The van der Waals surface area contributed by atoms with E-state index >= 15 is 0 Å². The van der Waals surface area contributed by atoms with Crippen LogP contribution in [0.3, 0.4) is 0 Å². The van der Waals surface area contributed by atoms with Gasteiger partial charge in [-0.3, -0.25) is 0 Å². The van der Waals surface area contributed by atoms with Crippen LogP contribution in [0.4, 0.5) is 5.69 Å². The van der Waals surface area contributed by atoms with E-state index in [1.807, 2.05) is 0 Å². The Balaban J connectivity index is 1.67. The lowest BCUT2D eigenvalue weighted by molar-refractivity contribution is 0.348. The van der Waals surface area contributed by atoms with E-state index in [1.54, 1.807) is 12.1 Å². The zero-order valence-corrected chi connectivity index (χ0v) is 12.3. The molecule has 2 aliphatic carbocycles. The maximum Gasteiger partial charge on any atom is 0.0720 e. The monoisotopic (exact) mass is 303 g/mol. The first-order valence-corrected chi connectivity index (χ1v) is 7.65. The third-order valence-electron chi connectivity index (χ3n) is 4.43. The van der Waals surface area contributed by atoms with E-state index in [4.69, 9.17) is 34.8 Å². The standard InChI is InChI=1S/C14H16Cl3N/c15-11-5-12(16)14(13(17)6-11)18-7-10-4-8-1-2-9(10)3-8/h5-6,8-10,18H,1-4,7H2. The van der Waals surface area contributed by atoms with Crippen LogP contribution >= 0.6 is 34.8 Å². The number of rotatable bonds is 3. The van der Waals surface area contributed by atoms with Gasteiger partial charge in [-0.2, -0.15) is 0 Å². The van der Waals surface area contributed by atoms with Crippen LogP contribution in [0, 0.1) is 17.8 Å². The Kier molecular flexibility index (Phi) is 3.66. The average molecular weight is 305 g/mol. The van der Waals surface area contributed by atoms with Crippen LogP contribution in [0.1, 0.15) is 25.7 Å². The summed E-state index contributed by atoms with van der Waals surface area (Å²) in [7, 11) is 0. The third kappa shape index (κ3) is 2.45. The Labute approximate surface area is 123 Å². The van der Waals surface area contributed by atoms with Gasteiger partial charge >= 0.3 is 0 Å². The van der Waals surface area contributed by atoms with E-state index in [9.17, 15) is 0 Å². The minimum atomic E-state index is 0.579. The van der Waals surface area contributed by atoms with E-state index in [0.717, 1.165) is 30.0 Å². The molecular weight excluding hydrogens is 289 g/mol. The Bertz CT molecular complexity index is 437. The lowest BCUT2D eigenvalue weighted by atomic mass is 9.89. The molecule has 0 amide bonds. The topological polar surface area (TPSA) is 12.0 Å². The zero-order chi connectivity index (χ0) is 12.7. The zero-order valence-electron chi connectivity index (χ0n) is 10.1. The molecule has 1 aromatic carbocycles. The molecule has 0 aromatic heterocycles. The molecule has 3 unspecified atom stereocenters. The highest BCUT2D eigenvalue weighted by Gasteiger charge is 2.39. The molecule has 1 N–H and O–H groups in total. The predicted octanol–water partition coefficient (Wildman–Crippen LogP) is 5.49. The molecule has 3 atom stereocenters. The number of nitrogens with one attached hydrogen (secondary N) is 1. The van der Waals surface area contributed by atoms with Gasteiger partial charge in [-0.25, -0.2) is 0 Å². The van der Waals surface area contributed by atoms with E-state index in [0.29, 0.717) is 15.1 Å². The van der Waals surface area contributed by atoms with Gasteiger partial charge in [0.25, 0.3) is 0 Å². The molecule has 0 radical (unpaired) electrons. The molecule has 1 nitrogen and oxygen atoms in total. The average Bonchev–Trinajstić information content (AvgIpc) is 2.89. The highest BCUT2D eigenvalue weighted by Crippen LogP contribution is 2.48. The molecule has 18 heavy (non-hydrogen) atoms. The second kappa shape index (κ2) is 5.11. The minimum Gasteiger partial charge on any atom is -0.382 e. The predicted molar refractivity (Wildman–Crippen MR) is 78.9 cm³/mol. The molecule has 2 aliphatic rings. The molecule has 2 fully saturated rings. The highest BCUT2D eigenvalue weighted by molar-refractivity contribution is 6.41. The van der Waals surface area contributed by atoms with Crippen molar-refractivity contribution in [2.75, 3.05) is 11.9 Å². The lowest BCUT2D eigenvalue weighted by Crippen LogP contribution is -2.20. The molecule has 2 bridgehead atoms. The van der Waals surface area contributed by atoms with Crippen molar-refractivity contribution in [1.82, 2.24) is 0 Å². The van der Waals surface area contributed by atoms with Gasteiger partial charge in [-0.1, -0.05) is 41.2 Å². The number of fused-ring (bicyclic) bond motifs is 2. The number of anilines is 1. The van der Waals surface area contributed by atoms with Crippen molar-refractivity contribution < 1.29 is 0 Å². The maximum absolute atomic E-state index is 6.17. The number of halogens is 3. The molecule has 3 rings (SSSR count). The molecule has 0 spiro atoms. The Hall–Kier alpha value is -0.110. The van der Waals surface area contributed by atoms with Crippen molar-refractivity contribution in [3.8, 4) is 0 Å². The van der Waals surface area contributed by atoms with Gasteiger partial charge in [-0.05, 0) is 49.1 Å². The number of hydrogen-bond donors (Lipinski definition) is 1.